The van der Waals surface area contributed by atoms with Gasteiger partial charge in [-0.25, -0.2) is 19.2 Å². The number of rotatable bonds is 13. The average molecular weight is 761 g/mol. The summed E-state index contributed by atoms with van der Waals surface area (Å²) in [4.78, 5) is 47.8. The minimum atomic E-state index is -0.512. The molecule has 298 valence electrons. The number of anilines is 1. The number of piperidine rings is 1. The first-order chi connectivity index (χ1) is 26.2. The summed E-state index contributed by atoms with van der Waals surface area (Å²) >= 11 is 0. The number of hydrogen-bond acceptors (Lipinski definition) is 11. The van der Waals surface area contributed by atoms with Crippen molar-refractivity contribution in [1.82, 2.24) is 35.0 Å². The summed E-state index contributed by atoms with van der Waals surface area (Å²) in [6, 6.07) is 5.94. The Kier molecular flexibility index (Phi) is 12.4. The van der Waals surface area contributed by atoms with Gasteiger partial charge in [-0.05, 0) is 92.2 Å². The fraction of sp³-hybridized carbons (Fsp3) is 0.585. The summed E-state index contributed by atoms with van der Waals surface area (Å²) in [5.74, 6) is 1.38. The first-order valence-corrected chi connectivity index (χ1v) is 19.6. The van der Waals surface area contributed by atoms with Gasteiger partial charge in [-0.15, -0.1) is 0 Å². The first kappa shape index (κ1) is 40.1. The van der Waals surface area contributed by atoms with Crippen LogP contribution in [0, 0.1) is 5.82 Å². The Morgan fingerprint density at radius 3 is 2.49 bits per heavy atom. The molecule has 0 bridgehead atoms. The van der Waals surface area contributed by atoms with E-state index in [1.165, 1.54) is 30.1 Å². The molecule has 55 heavy (non-hydrogen) atoms. The van der Waals surface area contributed by atoms with Crippen molar-refractivity contribution in [3.05, 3.63) is 65.6 Å². The number of alkyl carbamates (subject to hydrolysis) is 1. The van der Waals surface area contributed by atoms with Gasteiger partial charge in [0.25, 0.3) is 5.91 Å². The van der Waals surface area contributed by atoms with E-state index in [4.69, 9.17) is 19.2 Å². The maximum atomic E-state index is 14.4. The Labute approximate surface area is 324 Å². The highest BCUT2D eigenvalue weighted by atomic mass is 19.1. The molecule has 6 rings (SSSR count). The third-order valence-corrected chi connectivity index (χ3v) is 10.4. The van der Waals surface area contributed by atoms with E-state index in [0.29, 0.717) is 31.2 Å². The van der Waals surface area contributed by atoms with E-state index in [-0.39, 0.29) is 41.0 Å². The highest BCUT2D eigenvalue weighted by molar-refractivity contribution is 5.97. The van der Waals surface area contributed by atoms with Crippen molar-refractivity contribution >= 4 is 17.8 Å². The summed E-state index contributed by atoms with van der Waals surface area (Å²) in [7, 11) is 0. The summed E-state index contributed by atoms with van der Waals surface area (Å²) in [5.41, 5.74) is 1.66. The van der Waals surface area contributed by atoms with Gasteiger partial charge in [0.2, 0.25) is 0 Å². The lowest BCUT2D eigenvalue weighted by Gasteiger charge is -2.48. The zero-order valence-corrected chi connectivity index (χ0v) is 33.4. The molecule has 0 radical (unpaired) electrons. The highest BCUT2D eigenvalue weighted by Crippen LogP contribution is 2.35. The van der Waals surface area contributed by atoms with Gasteiger partial charge in [-0.1, -0.05) is 0 Å². The fourth-order valence-electron chi connectivity index (χ4n) is 7.77. The first-order valence-electron chi connectivity index (χ1n) is 19.6. The van der Waals surface area contributed by atoms with Crippen LogP contribution < -0.4 is 19.7 Å². The van der Waals surface area contributed by atoms with E-state index in [1.807, 2.05) is 53.8 Å². The topological polar surface area (TPSA) is 125 Å². The third kappa shape index (κ3) is 10.2. The lowest BCUT2D eigenvalue weighted by molar-refractivity contribution is 0.0166. The van der Waals surface area contributed by atoms with Crippen LogP contribution in [-0.2, 0) is 17.7 Å². The quantitative estimate of drug-likeness (QED) is 0.218. The van der Waals surface area contributed by atoms with Gasteiger partial charge in [-0.2, -0.15) is 0 Å². The summed E-state index contributed by atoms with van der Waals surface area (Å²) in [6.07, 6.45) is 8.07. The Hall–Kier alpha value is -4.56. The Balaban J connectivity index is 1.01. The number of carbonyl (C=O) groups is 2. The van der Waals surface area contributed by atoms with Gasteiger partial charge in [-0.3, -0.25) is 19.6 Å². The van der Waals surface area contributed by atoms with E-state index >= 15 is 0 Å². The molecule has 3 aromatic rings. The van der Waals surface area contributed by atoms with Gasteiger partial charge in [0.15, 0.2) is 11.6 Å². The molecule has 2 fully saturated rings. The van der Waals surface area contributed by atoms with E-state index in [9.17, 15) is 14.0 Å². The van der Waals surface area contributed by atoms with Crippen molar-refractivity contribution in [3.63, 3.8) is 0 Å². The standard InChI is InChI=1S/C41H57FN8O5/c1-8-50(28(2)3)38(51)31-22-29(42)10-11-34(31)54-36-23-43-27-45-37(36)49-20-13-30(14-21-49)53-35-12-16-44-33-15-19-47(24-32(33)35)17-9-18-48-25-41(7,26-48)46-39(52)55-40(4,5)6/h10-12,16,22-23,27-28,30H,8-9,13-15,17-21,24-26H2,1-7H3,(H,46,52). The number of fused-ring (bicyclic) bond motifs is 1. The van der Waals surface area contributed by atoms with Crippen LogP contribution in [0.15, 0.2) is 43.0 Å². The van der Waals surface area contributed by atoms with E-state index in [2.05, 4.69) is 36.9 Å². The lowest BCUT2D eigenvalue weighted by Crippen LogP contribution is -2.68. The highest BCUT2D eigenvalue weighted by Gasteiger charge is 2.40. The Morgan fingerprint density at radius 1 is 1.04 bits per heavy atom. The fourth-order valence-corrected chi connectivity index (χ4v) is 7.77. The predicted molar refractivity (Wildman–Crippen MR) is 208 cm³/mol. The number of halogens is 1. The van der Waals surface area contributed by atoms with Crippen LogP contribution in [0.3, 0.4) is 0 Å². The molecule has 0 spiro atoms. The number of amides is 2. The van der Waals surface area contributed by atoms with Crippen LogP contribution in [0.2, 0.25) is 0 Å². The van der Waals surface area contributed by atoms with Crippen LogP contribution >= 0.6 is 0 Å². The number of nitrogens with one attached hydrogen (secondary N) is 1. The summed E-state index contributed by atoms with van der Waals surface area (Å²) < 4.78 is 32.8. The number of pyridine rings is 1. The molecule has 0 saturated carbocycles. The molecule has 14 heteroatoms. The normalized spacial score (nSPS) is 17.7. The Bertz CT molecular complexity index is 1810. The van der Waals surface area contributed by atoms with Crippen LogP contribution in [-0.4, -0.2) is 117 Å². The number of benzene rings is 1. The van der Waals surface area contributed by atoms with Crippen molar-refractivity contribution in [2.24, 2.45) is 0 Å². The van der Waals surface area contributed by atoms with Gasteiger partial charge in [0, 0.05) is 88.6 Å². The van der Waals surface area contributed by atoms with E-state index < -0.39 is 11.4 Å². The number of carbonyl (C=O) groups excluding carboxylic acids is 2. The molecule has 1 N–H and O–H groups in total. The van der Waals surface area contributed by atoms with Crippen molar-refractivity contribution in [2.45, 2.75) is 104 Å². The zero-order valence-electron chi connectivity index (χ0n) is 33.4. The molecule has 1 aromatic carbocycles. The average Bonchev–Trinajstić information content (AvgIpc) is 3.11. The van der Waals surface area contributed by atoms with Gasteiger partial charge < -0.3 is 29.3 Å². The third-order valence-electron chi connectivity index (χ3n) is 10.4. The van der Waals surface area contributed by atoms with Crippen molar-refractivity contribution < 1.29 is 28.2 Å². The molecule has 13 nitrogen and oxygen atoms in total. The molecule has 3 aliphatic rings. The minimum absolute atomic E-state index is 0.0248. The molecule has 5 heterocycles. The maximum Gasteiger partial charge on any atom is 0.408 e. The maximum absolute atomic E-state index is 14.4. The van der Waals surface area contributed by atoms with Crippen LogP contribution in [0.5, 0.6) is 17.2 Å². The van der Waals surface area contributed by atoms with Crippen molar-refractivity contribution in [3.8, 4) is 17.2 Å². The van der Waals surface area contributed by atoms with Crippen LogP contribution in [0.1, 0.15) is 89.3 Å². The summed E-state index contributed by atoms with van der Waals surface area (Å²) in [6.45, 7) is 20.7. The summed E-state index contributed by atoms with van der Waals surface area (Å²) in [5, 5.41) is 3.04. The SMILES string of the molecule is CCN(C(=O)c1cc(F)ccc1Oc1cncnc1N1CCC(Oc2ccnc3c2CN(CCCN2CC(C)(NC(=O)OC(C)(C)C)C2)CC3)CC1)C(C)C. The van der Waals surface area contributed by atoms with E-state index in [0.717, 1.165) is 76.4 Å². The smallest absolute Gasteiger partial charge is 0.408 e. The lowest BCUT2D eigenvalue weighted by atomic mass is 9.92. The molecular formula is C41H57FN8O5. The second-order valence-electron chi connectivity index (χ2n) is 16.5. The molecule has 2 aromatic heterocycles. The second kappa shape index (κ2) is 17.1. The van der Waals surface area contributed by atoms with Crippen LogP contribution in [0.4, 0.5) is 15.0 Å². The van der Waals surface area contributed by atoms with Crippen LogP contribution in [0.25, 0.3) is 0 Å². The minimum Gasteiger partial charge on any atom is -0.490 e. The van der Waals surface area contributed by atoms with Crippen molar-refractivity contribution in [2.75, 3.05) is 57.3 Å². The van der Waals surface area contributed by atoms with Gasteiger partial charge in [0.05, 0.1) is 17.3 Å². The van der Waals surface area contributed by atoms with Crippen molar-refractivity contribution in [1.29, 1.82) is 0 Å². The molecule has 3 aliphatic heterocycles. The molecule has 0 aliphatic carbocycles. The molecule has 0 unspecified atom stereocenters. The Morgan fingerprint density at radius 2 is 1.78 bits per heavy atom. The number of likely N-dealkylation sites (tertiary alicyclic amines) is 1. The monoisotopic (exact) mass is 760 g/mol. The largest absolute Gasteiger partial charge is 0.490 e. The number of aromatic nitrogens is 3. The molecular weight excluding hydrogens is 704 g/mol. The molecule has 2 amide bonds. The molecule has 2 saturated heterocycles. The number of hydrogen-bond donors (Lipinski definition) is 1. The van der Waals surface area contributed by atoms with E-state index in [1.54, 1.807) is 11.1 Å². The zero-order chi connectivity index (χ0) is 39.3. The number of nitrogens with zero attached hydrogens (tertiary/aromatic N) is 7. The second-order valence-corrected chi connectivity index (χ2v) is 16.5. The molecule has 0 atom stereocenters. The predicted octanol–water partition coefficient (Wildman–Crippen LogP) is 6.07. The number of ether oxygens (including phenoxy) is 3. The van der Waals surface area contributed by atoms with Gasteiger partial charge >= 0.3 is 6.09 Å². The van der Waals surface area contributed by atoms with Gasteiger partial charge in [0.1, 0.15) is 35.3 Å².